The van der Waals surface area contributed by atoms with Gasteiger partial charge in [-0.1, -0.05) is 18.5 Å². The quantitative estimate of drug-likeness (QED) is 0.647. The van der Waals surface area contributed by atoms with Gasteiger partial charge < -0.3 is 10.2 Å². The molecule has 146 valence electrons. The summed E-state index contributed by atoms with van der Waals surface area (Å²) < 4.78 is 29.9. The van der Waals surface area contributed by atoms with E-state index in [0.29, 0.717) is 5.02 Å². The summed E-state index contributed by atoms with van der Waals surface area (Å²) in [5.74, 6) is -6.72. The molecule has 2 N–H and O–H groups in total. The molecular formula is C20H16ClF2NO4. The summed E-state index contributed by atoms with van der Waals surface area (Å²) in [5, 5.41) is 19.4. The Hall–Kier alpha value is -2.93. The molecule has 0 aliphatic heterocycles. The molecule has 0 aliphatic rings. The van der Waals surface area contributed by atoms with Gasteiger partial charge in [0.2, 0.25) is 0 Å². The molecule has 3 aromatic rings. The number of carboxylic acids is 1. The zero-order chi connectivity index (χ0) is 20.7. The van der Waals surface area contributed by atoms with Gasteiger partial charge in [-0.05, 0) is 43.2 Å². The molecule has 0 spiro atoms. The van der Waals surface area contributed by atoms with Gasteiger partial charge in [-0.25, -0.2) is 8.78 Å². The number of carboxylic acid groups (broad SMARTS) is 1. The molecule has 0 saturated carbocycles. The molecule has 0 radical (unpaired) electrons. The maximum absolute atomic E-state index is 14.8. The van der Waals surface area contributed by atoms with Crippen LogP contribution >= 0.6 is 11.6 Å². The largest absolute Gasteiger partial charge is 0.503 e. The van der Waals surface area contributed by atoms with Crippen molar-refractivity contribution in [1.29, 1.82) is 0 Å². The Balaban J connectivity index is 2.40. The third kappa shape index (κ3) is 3.01. The standard InChI is InChI=1S/C20H16ClF2NO4/c1-3-12(20(27)28)15-9(2)24(19(26)10-4-6-11(21)7-5-10)14-8-13(22)18(25)17(23)16(14)15/h4-8,12,25H,3H2,1-2H3,(H,27,28). The average Bonchev–Trinajstić information content (AvgIpc) is 2.92. The Kier molecular flexibility index (Phi) is 5.12. The number of nitrogens with zero attached hydrogens (tertiary/aromatic N) is 1. The fourth-order valence-corrected chi connectivity index (χ4v) is 3.55. The first-order chi connectivity index (χ1) is 13.2. The molecular weight excluding hydrogens is 392 g/mol. The lowest BCUT2D eigenvalue weighted by molar-refractivity contribution is -0.138. The summed E-state index contributed by atoms with van der Waals surface area (Å²) in [7, 11) is 0. The molecule has 1 atom stereocenters. The summed E-state index contributed by atoms with van der Waals surface area (Å²) in [5.41, 5.74) is 0.237. The van der Waals surface area contributed by atoms with Gasteiger partial charge in [-0.3, -0.25) is 14.2 Å². The molecule has 2 aromatic carbocycles. The zero-order valence-electron chi connectivity index (χ0n) is 15.0. The minimum absolute atomic E-state index is 0.0279. The van der Waals surface area contributed by atoms with Crippen LogP contribution in [0.1, 0.15) is 40.9 Å². The van der Waals surface area contributed by atoms with Gasteiger partial charge in [0.1, 0.15) is 0 Å². The number of fused-ring (bicyclic) bond motifs is 1. The van der Waals surface area contributed by atoms with E-state index in [-0.39, 0.29) is 34.1 Å². The lowest BCUT2D eigenvalue weighted by Crippen LogP contribution is -2.16. The molecule has 0 amide bonds. The minimum atomic E-state index is -1.30. The number of hydrogen-bond acceptors (Lipinski definition) is 3. The smallest absolute Gasteiger partial charge is 0.311 e. The number of carbonyl (C=O) groups is 2. The average molecular weight is 408 g/mol. The van der Waals surface area contributed by atoms with Crippen LogP contribution in [0.25, 0.3) is 10.9 Å². The van der Waals surface area contributed by atoms with Crippen molar-refractivity contribution >= 4 is 34.4 Å². The molecule has 1 heterocycles. The molecule has 28 heavy (non-hydrogen) atoms. The lowest BCUT2D eigenvalue weighted by atomic mass is 9.93. The second-order valence-electron chi connectivity index (χ2n) is 6.36. The second kappa shape index (κ2) is 7.24. The fraction of sp³-hybridized carbons (Fsp3) is 0.200. The molecule has 1 aromatic heterocycles. The van der Waals surface area contributed by atoms with E-state index >= 15 is 0 Å². The first-order valence-corrected chi connectivity index (χ1v) is 8.81. The number of phenols is 1. The molecule has 3 rings (SSSR count). The van der Waals surface area contributed by atoms with E-state index in [4.69, 9.17) is 11.6 Å². The molecule has 5 nitrogen and oxygen atoms in total. The van der Waals surface area contributed by atoms with Gasteiger partial charge in [0, 0.05) is 27.7 Å². The predicted octanol–water partition coefficient (Wildman–Crippen LogP) is 4.85. The van der Waals surface area contributed by atoms with Crippen LogP contribution in [0.2, 0.25) is 5.02 Å². The number of halogens is 3. The van der Waals surface area contributed by atoms with E-state index in [1.54, 1.807) is 6.92 Å². The van der Waals surface area contributed by atoms with Crippen LogP contribution in [0.15, 0.2) is 30.3 Å². The molecule has 8 heteroatoms. The van der Waals surface area contributed by atoms with Gasteiger partial charge in [0.15, 0.2) is 17.4 Å². The van der Waals surface area contributed by atoms with Crippen molar-refractivity contribution in [2.75, 3.05) is 0 Å². The SMILES string of the molecule is CCC(C(=O)O)c1c(C)n(C(=O)c2ccc(Cl)cc2)c2cc(F)c(O)c(F)c12. The molecule has 0 fully saturated rings. The highest BCUT2D eigenvalue weighted by atomic mass is 35.5. The second-order valence-corrected chi connectivity index (χ2v) is 6.80. The number of benzene rings is 2. The van der Waals surface area contributed by atoms with E-state index in [1.807, 2.05) is 0 Å². The molecule has 0 saturated heterocycles. The first kappa shape index (κ1) is 19.8. The van der Waals surface area contributed by atoms with Crippen molar-refractivity contribution in [1.82, 2.24) is 4.57 Å². The van der Waals surface area contributed by atoms with E-state index in [1.165, 1.54) is 31.2 Å². The summed E-state index contributed by atoms with van der Waals surface area (Å²) in [6.07, 6.45) is 0.113. The number of hydrogen-bond donors (Lipinski definition) is 2. The summed E-state index contributed by atoms with van der Waals surface area (Å²) >= 11 is 5.84. The maximum Gasteiger partial charge on any atom is 0.311 e. The predicted molar refractivity (Wildman–Crippen MR) is 100 cm³/mol. The summed E-state index contributed by atoms with van der Waals surface area (Å²) in [4.78, 5) is 24.8. The van der Waals surface area contributed by atoms with Crippen LogP contribution in [0.3, 0.4) is 0 Å². The van der Waals surface area contributed by atoms with Gasteiger partial charge in [0.05, 0.1) is 11.4 Å². The van der Waals surface area contributed by atoms with E-state index in [0.717, 1.165) is 10.6 Å². The third-order valence-electron chi connectivity index (χ3n) is 4.76. The van der Waals surface area contributed by atoms with Crippen molar-refractivity contribution in [3.05, 3.63) is 63.8 Å². The van der Waals surface area contributed by atoms with Gasteiger partial charge >= 0.3 is 5.97 Å². The van der Waals surface area contributed by atoms with Crippen LogP contribution in [0, 0.1) is 18.6 Å². The Labute approximate surface area is 163 Å². The Bertz CT molecular complexity index is 1110. The third-order valence-corrected chi connectivity index (χ3v) is 5.01. The van der Waals surface area contributed by atoms with Crippen molar-refractivity contribution < 1.29 is 28.6 Å². The number of rotatable bonds is 4. The fourth-order valence-electron chi connectivity index (χ4n) is 3.42. The lowest BCUT2D eigenvalue weighted by Gasteiger charge is -2.12. The summed E-state index contributed by atoms with van der Waals surface area (Å²) in [6.45, 7) is 3.06. The van der Waals surface area contributed by atoms with Crippen LogP contribution in [-0.4, -0.2) is 26.7 Å². The van der Waals surface area contributed by atoms with Crippen LogP contribution < -0.4 is 0 Å². The van der Waals surface area contributed by atoms with Crippen molar-refractivity contribution in [2.24, 2.45) is 0 Å². The van der Waals surface area contributed by atoms with Gasteiger partial charge in [-0.2, -0.15) is 0 Å². The van der Waals surface area contributed by atoms with Crippen molar-refractivity contribution in [2.45, 2.75) is 26.2 Å². The number of phenolic OH excluding ortho intramolecular Hbond substituents is 1. The number of aromatic nitrogens is 1. The van der Waals surface area contributed by atoms with E-state index < -0.39 is 35.2 Å². The Morgan fingerprint density at radius 3 is 2.36 bits per heavy atom. The van der Waals surface area contributed by atoms with Crippen LogP contribution in [-0.2, 0) is 4.79 Å². The number of aromatic hydroxyl groups is 1. The Morgan fingerprint density at radius 2 is 1.82 bits per heavy atom. The topological polar surface area (TPSA) is 79.5 Å². The monoisotopic (exact) mass is 407 g/mol. The zero-order valence-corrected chi connectivity index (χ0v) is 15.7. The van der Waals surface area contributed by atoms with Crippen LogP contribution in [0.5, 0.6) is 5.75 Å². The van der Waals surface area contributed by atoms with Gasteiger partial charge in [-0.15, -0.1) is 0 Å². The molecule has 0 aliphatic carbocycles. The number of carbonyl (C=O) groups excluding carboxylic acids is 1. The minimum Gasteiger partial charge on any atom is -0.503 e. The van der Waals surface area contributed by atoms with Crippen molar-refractivity contribution in [3.63, 3.8) is 0 Å². The van der Waals surface area contributed by atoms with Crippen LogP contribution in [0.4, 0.5) is 8.78 Å². The van der Waals surface area contributed by atoms with Crippen molar-refractivity contribution in [3.8, 4) is 5.75 Å². The highest BCUT2D eigenvalue weighted by Crippen LogP contribution is 2.39. The maximum atomic E-state index is 14.8. The number of aliphatic carboxylic acids is 1. The van der Waals surface area contributed by atoms with E-state index in [9.17, 15) is 28.6 Å². The normalized spacial score (nSPS) is 12.3. The molecule has 0 bridgehead atoms. The molecule has 1 unspecified atom stereocenters. The first-order valence-electron chi connectivity index (χ1n) is 8.43. The highest BCUT2D eigenvalue weighted by molar-refractivity contribution is 6.30. The summed E-state index contributed by atoms with van der Waals surface area (Å²) in [6, 6.07) is 6.73. The van der Waals surface area contributed by atoms with E-state index in [2.05, 4.69) is 0 Å². The van der Waals surface area contributed by atoms with Gasteiger partial charge in [0.25, 0.3) is 5.91 Å². The Morgan fingerprint density at radius 1 is 1.21 bits per heavy atom. The highest BCUT2D eigenvalue weighted by Gasteiger charge is 2.31.